The molecule has 0 N–H and O–H groups in total. The Morgan fingerprint density at radius 1 is 0.719 bits per heavy atom. The smallest absolute Gasteiger partial charge is 0.338 e. The molecular formula is C25H31O5PS. The highest BCUT2D eigenvalue weighted by molar-refractivity contribution is 8.18. The van der Waals surface area contributed by atoms with Crippen LogP contribution < -0.4 is 10.6 Å². The second-order valence-corrected chi connectivity index (χ2v) is 13.1. The first-order chi connectivity index (χ1) is 14.7. The Balaban J connectivity index is 2.27. The van der Waals surface area contributed by atoms with Crippen molar-refractivity contribution in [1.29, 1.82) is 0 Å². The minimum absolute atomic E-state index is 0.0493. The lowest BCUT2D eigenvalue weighted by Gasteiger charge is -2.21. The van der Waals surface area contributed by atoms with E-state index >= 15 is 0 Å². The Hall–Kier alpha value is -2.17. The van der Waals surface area contributed by atoms with Crippen LogP contribution in [0.1, 0.15) is 69.2 Å². The number of rotatable bonds is 6. The first kappa shape index (κ1) is 26.1. The summed E-state index contributed by atoms with van der Waals surface area (Å²) in [6.07, 6.45) is 0. The predicted octanol–water partition coefficient (Wildman–Crippen LogP) is 5.27. The van der Waals surface area contributed by atoms with E-state index in [0.717, 1.165) is 10.6 Å². The Bertz CT molecular complexity index is 882. The summed E-state index contributed by atoms with van der Waals surface area (Å²) < 4.78 is 10.9. The van der Waals surface area contributed by atoms with Gasteiger partial charge in [0.15, 0.2) is 5.12 Å². The van der Waals surface area contributed by atoms with Crippen molar-refractivity contribution in [1.82, 2.24) is 0 Å². The molecule has 0 atom stereocenters. The monoisotopic (exact) mass is 474 g/mol. The first-order valence-electron chi connectivity index (χ1n) is 10.3. The van der Waals surface area contributed by atoms with Gasteiger partial charge in [-0.1, -0.05) is 36.0 Å². The zero-order valence-electron chi connectivity index (χ0n) is 19.7. The summed E-state index contributed by atoms with van der Waals surface area (Å²) in [6.45, 7) is 12.5. The molecule has 2 rings (SSSR count). The van der Waals surface area contributed by atoms with Gasteiger partial charge in [-0.15, -0.1) is 0 Å². The number of thioether (sulfide) groups is 1. The molecule has 0 amide bonds. The van der Waals surface area contributed by atoms with E-state index in [1.165, 1.54) is 11.8 Å². The number of hydrogen-bond donors (Lipinski definition) is 0. The second kappa shape index (κ2) is 10.6. The summed E-state index contributed by atoms with van der Waals surface area (Å²) in [6, 6.07) is 14.7. The summed E-state index contributed by atoms with van der Waals surface area (Å²) in [5, 5.41) is 2.12. The van der Waals surface area contributed by atoms with E-state index in [-0.39, 0.29) is 17.1 Å². The van der Waals surface area contributed by atoms with Gasteiger partial charge in [-0.05, 0) is 84.3 Å². The van der Waals surface area contributed by atoms with Crippen LogP contribution in [-0.4, -0.2) is 33.7 Å². The van der Waals surface area contributed by atoms with Crippen molar-refractivity contribution in [2.75, 3.05) is 5.49 Å². The summed E-state index contributed by atoms with van der Waals surface area (Å²) in [5.74, 6) is -0.735. The van der Waals surface area contributed by atoms with E-state index in [9.17, 15) is 14.4 Å². The molecule has 32 heavy (non-hydrogen) atoms. The molecule has 0 fully saturated rings. The van der Waals surface area contributed by atoms with Gasteiger partial charge < -0.3 is 9.47 Å². The molecule has 0 bridgehead atoms. The SMILES string of the molecule is CC(=O)SCP(c1ccc(C(=O)OC(C)(C)C)cc1)c1ccc(C(=O)OC(C)(C)C)cc1. The van der Waals surface area contributed by atoms with Gasteiger partial charge in [-0.25, -0.2) is 9.59 Å². The molecule has 0 aliphatic rings. The minimum atomic E-state index is -0.862. The van der Waals surface area contributed by atoms with Gasteiger partial charge in [0.05, 0.1) is 11.1 Å². The molecule has 0 radical (unpaired) electrons. The van der Waals surface area contributed by atoms with E-state index in [1.807, 2.05) is 65.8 Å². The summed E-state index contributed by atoms with van der Waals surface area (Å²) in [5.41, 5.74) is 0.464. The lowest BCUT2D eigenvalue weighted by molar-refractivity contribution is -0.109. The summed E-state index contributed by atoms with van der Waals surface area (Å²) >= 11 is 1.27. The number of ether oxygens (including phenoxy) is 2. The fourth-order valence-corrected chi connectivity index (χ4v) is 6.43. The predicted molar refractivity (Wildman–Crippen MR) is 133 cm³/mol. The lowest BCUT2D eigenvalue weighted by atomic mass is 10.1. The van der Waals surface area contributed by atoms with Gasteiger partial charge >= 0.3 is 11.9 Å². The van der Waals surface area contributed by atoms with Crippen LogP contribution in [0.5, 0.6) is 0 Å². The fraction of sp³-hybridized carbons (Fsp3) is 0.400. The van der Waals surface area contributed by atoms with Crippen LogP contribution >= 0.6 is 19.7 Å². The Labute approximate surface area is 196 Å². The maximum absolute atomic E-state index is 12.3. The van der Waals surface area contributed by atoms with Gasteiger partial charge in [-0.3, -0.25) is 4.79 Å². The van der Waals surface area contributed by atoms with E-state index in [1.54, 1.807) is 31.2 Å². The highest BCUT2D eigenvalue weighted by Gasteiger charge is 2.21. The van der Waals surface area contributed by atoms with Crippen molar-refractivity contribution in [3.8, 4) is 0 Å². The van der Waals surface area contributed by atoms with E-state index < -0.39 is 19.1 Å². The third-order valence-corrected chi connectivity index (χ3v) is 7.82. The van der Waals surface area contributed by atoms with Crippen molar-refractivity contribution in [2.24, 2.45) is 0 Å². The van der Waals surface area contributed by atoms with E-state index in [4.69, 9.17) is 9.47 Å². The summed E-state index contributed by atoms with van der Waals surface area (Å²) in [4.78, 5) is 36.2. The molecule has 0 spiro atoms. The normalized spacial score (nSPS) is 11.9. The number of esters is 2. The molecule has 0 aliphatic carbocycles. The molecule has 7 heteroatoms. The number of carbonyl (C=O) groups excluding carboxylic acids is 3. The number of carbonyl (C=O) groups is 3. The first-order valence-corrected chi connectivity index (χ1v) is 12.8. The molecule has 2 aromatic carbocycles. The van der Waals surface area contributed by atoms with Crippen molar-refractivity contribution >= 4 is 47.3 Å². The highest BCUT2D eigenvalue weighted by atomic mass is 32.2. The number of hydrogen-bond acceptors (Lipinski definition) is 6. The Morgan fingerprint density at radius 2 is 1.06 bits per heavy atom. The van der Waals surface area contributed by atoms with Gasteiger partial charge in [0.1, 0.15) is 11.2 Å². The standard InChI is InChI=1S/C25H31O5PS/c1-17(26)32-16-31(20-12-8-18(9-13-20)22(27)29-24(2,3)4)21-14-10-19(11-15-21)23(28)30-25(5,6)7/h8-15H,16H2,1-7H3. The largest absolute Gasteiger partial charge is 0.456 e. The zero-order valence-corrected chi connectivity index (χ0v) is 21.4. The van der Waals surface area contributed by atoms with Crippen LogP contribution in [0, 0.1) is 0 Å². The molecule has 0 saturated heterocycles. The van der Waals surface area contributed by atoms with Crippen LogP contribution in [0.15, 0.2) is 48.5 Å². The van der Waals surface area contributed by atoms with Crippen LogP contribution in [0.25, 0.3) is 0 Å². The van der Waals surface area contributed by atoms with E-state index in [0.29, 0.717) is 16.6 Å². The average Bonchev–Trinajstić information content (AvgIpc) is 2.66. The Morgan fingerprint density at radius 3 is 1.34 bits per heavy atom. The third kappa shape index (κ3) is 8.40. The van der Waals surface area contributed by atoms with Gasteiger partial charge in [0.25, 0.3) is 0 Å². The molecule has 0 aliphatic heterocycles. The van der Waals surface area contributed by atoms with Crippen molar-refractivity contribution in [3.63, 3.8) is 0 Å². The van der Waals surface area contributed by atoms with Crippen LogP contribution in [0.4, 0.5) is 0 Å². The summed E-state index contributed by atoms with van der Waals surface area (Å²) in [7, 11) is -0.862. The zero-order chi connectivity index (χ0) is 24.1. The average molecular weight is 475 g/mol. The lowest BCUT2D eigenvalue weighted by Crippen LogP contribution is -2.24. The van der Waals surface area contributed by atoms with E-state index in [2.05, 4.69) is 0 Å². The van der Waals surface area contributed by atoms with Gasteiger partial charge in [0.2, 0.25) is 0 Å². The van der Waals surface area contributed by atoms with Crippen molar-refractivity contribution in [3.05, 3.63) is 59.7 Å². The minimum Gasteiger partial charge on any atom is -0.456 e. The molecule has 2 aromatic rings. The Kier molecular flexibility index (Phi) is 8.67. The molecule has 0 heterocycles. The van der Waals surface area contributed by atoms with Crippen LogP contribution in [0.3, 0.4) is 0 Å². The topological polar surface area (TPSA) is 69.7 Å². The second-order valence-electron chi connectivity index (χ2n) is 9.29. The molecule has 172 valence electrons. The molecule has 5 nitrogen and oxygen atoms in total. The maximum Gasteiger partial charge on any atom is 0.338 e. The quantitative estimate of drug-likeness (QED) is 0.420. The molecular weight excluding hydrogens is 443 g/mol. The number of benzene rings is 2. The third-order valence-electron chi connectivity index (χ3n) is 4.02. The van der Waals surface area contributed by atoms with Crippen molar-refractivity contribution in [2.45, 2.75) is 59.7 Å². The molecule has 0 saturated carbocycles. The van der Waals surface area contributed by atoms with Crippen LogP contribution in [-0.2, 0) is 14.3 Å². The molecule has 0 unspecified atom stereocenters. The highest BCUT2D eigenvalue weighted by Crippen LogP contribution is 2.38. The molecule has 0 aromatic heterocycles. The van der Waals surface area contributed by atoms with Gasteiger partial charge in [-0.2, -0.15) is 0 Å². The van der Waals surface area contributed by atoms with Crippen LogP contribution in [0.2, 0.25) is 0 Å². The van der Waals surface area contributed by atoms with Crippen molar-refractivity contribution < 1.29 is 23.9 Å². The fourth-order valence-electron chi connectivity index (χ4n) is 2.68. The maximum atomic E-state index is 12.3. The van der Waals surface area contributed by atoms with Gasteiger partial charge in [0, 0.05) is 12.4 Å².